The maximum absolute atomic E-state index is 3.24. The van der Waals surface area contributed by atoms with E-state index in [0.29, 0.717) is 6.04 Å². The van der Waals surface area contributed by atoms with Crippen LogP contribution in [0.15, 0.2) is 29.2 Å². The molecular formula is C12H19NS2. The van der Waals surface area contributed by atoms with Crippen molar-refractivity contribution in [2.45, 2.75) is 17.9 Å². The maximum atomic E-state index is 3.24. The summed E-state index contributed by atoms with van der Waals surface area (Å²) in [6.45, 7) is 2.18. The van der Waals surface area contributed by atoms with Gasteiger partial charge in [0.1, 0.15) is 0 Å². The second-order valence-electron chi connectivity index (χ2n) is 3.42. The molecule has 0 aliphatic carbocycles. The molecule has 1 aromatic carbocycles. The Morgan fingerprint density at radius 1 is 1.20 bits per heavy atom. The molecule has 1 rings (SSSR count). The summed E-state index contributed by atoms with van der Waals surface area (Å²) in [5, 5.41) is 3.24. The van der Waals surface area contributed by atoms with Crippen LogP contribution in [0.25, 0.3) is 0 Å². The first-order valence-electron chi connectivity index (χ1n) is 5.17. The molecule has 0 bridgehead atoms. The van der Waals surface area contributed by atoms with E-state index in [1.807, 2.05) is 30.6 Å². The van der Waals surface area contributed by atoms with Crippen LogP contribution in [0, 0.1) is 0 Å². The van der Waals surface area contributed by atoms with E-state index in [1.165, 1.54) is 22.0 Å². The van der Waals surface area contributed by atoms with Crippen LogP contribution in [0.1, 0.15) is 18.5 Å². The first kappa shape index (κ1) is 12.9. The Morgan fingerprint density at radius 3 is 2.40 bits per heavy atom. The van der Waals surface area contributed by atoms with Gasteiger partial charge in [-0.2, -0.15) is 11.8 Å². The second kappa shape index (κ2) is 7.20. The minimum Gasteiger partial charge on any atom is -0.313 e. The summed E-state index contributed by atoms with van der Waals surface area (Å²) >= 11 is 3.83. The van der Waals surface area contributed by atoms with Gasteiger partial charge in [0.15, 0.2) is 0 Å². The largest absolute Gasteiger partial charge is 0.313 e. The van der Waals surface area contributed by atoms with Crippen molar-refractivity contribution < 1.29 is 0 Å². The standard InChI is InChI=1S/C12H19NS2/c1-10(13-2)11-4-6-12(7-5-11)15-9-8-14-3/h4-7,10,13H,8-9H2,1-3H3. The molecule has 1 unspecified atom stereocenters. The molecule has 15 heavy (non-hydrogen) atoms. The van der Waals surface area contributed by atoms with Gasteiger partial charge in [-0.1, -0.05) is 12.1 Å². The quantitative estimate of drug-likeness (QED) is 0.605. The van der Waals surface area contributed by atoms with E-state index in [0.717, 1.165) is 0 Å². The molecule has 0 spiro atoms. The number of benzene rings is 1. The zero-order valence-corrected chi connectivity index (χ0v) is 11.3. The monoisotopic (exact) mass is 241 g/mol. The van der Waals surface area contributed by atoms with Gasteiger partial charge in [0.2, 0.25) is 0 Å². The van der Waals surface area contributed by atoms with Crippen molar-refractivity contribution in [1.29, 1.82) is 0 Å². The summed E-state index contributed by atoms with van der Waals surface area (Å²) < 4.78 is 0. The number of hydrogen-bond acceptors (Lipinski definition) is 3. The van der Waals surface area contributed by atoms with Crippen LogP contribution in [0.3, 0.4) is 0 Å². The Labute approximate surface area is 101 Å². The highest BCUT2D eigenvalue weighted by Gasteiger charge is 2.01. The molecule has 0 aliphatic rings. The van der Waals surface area contributed by atoms with Gasteiger partial charge in [-0.15, -0.1) is 11.8 Å². The highest BCUT2D eigenvalue weighted by atomic mass is 32.2. The SMILES string of the molecule is CNC(C)c1ccc(SCCSC)cc1. The fourth-order valence-electron chi connectivity index (χ4n) is 1.26. The third-order valence-electron chi connectivity index (χ3n) is 2.37. The fourth-order valence-corrected chi connectivity index (χ4v) is 2.83. The van der Waals surface area contributed by atoms with Gasteiger partial charge < -0.3 is 5.32 Å². The predicted octanol–water partition coefficient (Wildman–Crippen LogP) is 3.42. The molecule has 1 aromatic rings. The molecule has 1 nitrogen and oxygen atoms in total. The fraction of sp³-hybridized carbons (Fsp3) is 0.500. The lowest BCUT2D eigenvalue weighted by atomic mass is 10.1. The van der Waals surface area contributed by atoms with Crippen molar-refractivity contribution >= 4 is 23.5 Å². The van der Waals surface area contributed by atoms with E-state index in [1.54, 1.807) is 0 Å². The predicted molar refractivity (Wildman–Crippen MR) is 73.0 cm³/mol. The van der Waals surface area contributed by atoms with Crippen LogP contribution >= 0.6 is 23.5 Å². The van der Waals surface area contributed by atoms with Gasteiger partial charge in [-0.3, -0.25) is 0 Å². The summed E-state index contributed by atoms with van der Waals surface area (Å²) in [6.07, 6.45) is 2.15. The Bertz CT molecular complexity index is 271. The lowest BCUT2D eigenvalue weighted by Crippen LogP contribution is -2.11. The van der Waals surface area contributed by atoms with Crippen LogP contribution < -0.4 is 5.32 Å². The molecule has 0 aromatic heterocycles. The van der Waals surface area contributed by atoms with Gasteiger partial charge in [0.25, 0.3) is 0 Å². The second-order valence-corrected chi connectivity index (χ2v) is 5.57. The van der Waals surface area contributed by atoms with Gasteiger partial charge in [-0.25, -0.2) is 0 Å². The lowest BCUT2D eigenvalue weighted by molar-refractivity contribution is 0.652. The van der Waals surface area contributed by atoms with Crippen LogP contribution in [0.5, 0.6) is 0 Å². The Morgan fingerprint density at radius 2 is 1.87 bits per heavy atom. The molecule has 0 saturated carbocycles. The number of rotatable bonds is 6. The lowest BCUT2D eigenvalue weighted by Gasteiger charge is -2.10. The van der Waals surface area contributed by atoms with Crippen LogP contribution in [0.2, 0.25) is 0 Å². The molecule has 0 saturated heterocycles. The van der Waals surface area contributed by atoms with Crippen molar-refractivity contribution in [3.05, 3.63) is 29.8 Å². The first-order valence-corrected chi connectivity index (χ1v) is 7.55. The van der Waals surface area contributed by atoms with E-state index < -0.39 is 0 Å². The highest BCUT2D eigenvalue weighted by Crippen LogP contribution is 2.21. The number of nitrogens with one attached hydrogen (secondary N) is 1. The highest BCUT2D eigenvalue weighted by molar-refractivity contribution is 8.02. The third-order valence-corrected chi connectivity index (χ3v) is 4.25. The molecule has 0 aliphatic heterocycles. The van der Waals surface area contributed by atoms with E-state index >= 15 is 0 Å². The summed E-state index contributed by atoms with van der Waals surface area (Å²) in [6, 6.07) is 9.29. The van der Waals surface area contributed by atoms with Crippen molar-refractivity contribution in [3.63, 3.8) is 0 Å². The van der Waals surface area contributed by atoms with Crippen molar-refractivity contribution in [3.8, 4) is 0 Å². The smallest absolute Gasteiger partial charge is 0.0289 e. The molecule has 0 radical (unpaired) electrons. The van der Waals surface area contributed by atoms with Crippen LogP contribution in [-0.4, -0.2) is 24.8 Å². The van der Waals surface area contributed by atoms with Crippen molar-refractivity contribution in [1.82, 2.24) is 5.32 Å². The van der Waals surface area contributed by atoms with Crippen molar-refractivity contribution in [2.24, 2.45) is 0 Å². The third kappa shape index (κ3) is 4.49. The van der Waals surface area contributed by atoms with Gasteiger partial charge in [-0.05, 0) is 37.9 Å². The van der Waals surface area contributed by atoms with Crippen LogP contribution in [0.4, 0.5) is 0 Å². The minimum absolute atomic E-state index is 0.440. The zero-order chi connectivity index (χ0) is 11.1. The first-order chi connectivity index (χ1) is 7.27. The average molecular weight is 241 g/mol. The summed E-state index contributed by atoms with van der Waals surface area (Å²) in [4.78, 5) is 1.37. The zero-order valence-electron chi connectivity index (χ0n) is 9.62. The molecular weight excluding hydrogens is 222 g/mol. The van der Waals surface area contributed by atoms with E-state index in [2.05, 4.69) is 42.8 Å². The summed E-state index contributed by atoms with van der Waals surface area (Å²) in [5.74, 6) is 2.42. The normalized spacial score (nSPS) is 12.7. The minimum atomic E-state index is 0.440. The molecule has 0 amide bonds. The molecule has 84 valence electrons. The van der Waals surface area contributed by atoms with E-state index in [-0.39, 0.29) is 0 Å². The van der Waals surface area contributed by atoms with E-state index in [9.17, 15) is 0 Å². The number of hydrogen-bond donors (Lipinski definition) is 1. The Kier molecular flexibility index (Phi) is 6.22. The summed E-state index contributed by atoms with van der Waals surface area (Å²) in [5.41, 5.74) is 1.35. The van der Waals surface area contributed by atoms with Crippen LogP contribution in [-0.2, 0) is 0 Å². The summed E-state index contributed by atoms with van der Waals surface area (Å²) in [7, 11) is 1.99. The topological polar surface area (TPSA) is 12.0 Å². The Balaban J connectivity index is 2.49. The molecule has 0 heterocycles. The van der Waals surface area contributed by atoms with Crippen molar-refractivity contribution in [2.75, 3.05) is 24.8 Å². The Hall–Kier alpha value is -0.120. The molecule has 3 heteroatoms. The molecule has 0 fully saturated rings. The molecule has 1 atom stereocenters. The molecule has 1 N–H and O–H groups in total. The van der Waals surface area contributed by atoms with Gasteiger partial charge in [0, 0.05) is 22.4 Å². The maximum Gasteiger partial charge on any atom is 0.0289 e. The van der Waals surface area contributed by atoms with Gasteiger partial charge in [0.05, 0.1) is 0 Å². The average Bonchev–Trinajstić information content (AvgIpc) is 2.29. The van der Waals surface area contributed by atoms with Gasteiger partial charge >= 0.3 is 0 Å². The number of thioether (sulfide) groups is 2. The van der Waals surface area contributed by atoms with E-state index in [4.69, 9.17) is 0 Å².